The Labute approximate surface area is 148 Å². The van der Waals surface area contributed by atoms with Crippen LogP contribution in [0.3, 0.4) is 0 Å². The first-order chi connectivity index (χ1) is 12.1. The van der Waals surface area contributed by atoms with Gasteiger partial charge in [0.05, 0.1) is 13.2 Å². The van der Waals surface area contributed by atoms with Gasteiger partial charge in [-0.15, -0.1) is 0 Å². The molecule has 0 heterocycles. The van der Waals surface area contributed by atoms with Crippen molar-refractivity contribution in [3.63, 3.8) is 0 Å². The van der Waals surface area contributed by atoms with Crippen LogP contribution in [-0.4, -0.2) is 19.0 Å². The Morgan fingerprint density at radius 3 is 2.12 bits per heavy atom. The average molecular weight is 340 g/mol. The zero-order valence-electron chi connectivity index (χ0n) is 14.4. The summed E-state index contributed by atoms with van der Waals surface area (Å²) in [4.78, 5) is 23.9. The average Bonchev–Trinajstić information content (AvgIpc) is 2.66. The molecule has 0 aliphatic rings. The van der Waals surface area contributed by atoms with Crippen LogP contribution in [0.1, 0.15) is 42.5 Å². The molecule has 0 aliphatic carbocycles. The standard InChI is InChI=1S/C20H24N2O3/c1-25-20(24)13-12-18(16-10-6-3-7-11-16)22-19(23)14-17(21)15-8-4-2-5-9-15/h2-11,17-18H,12-14,21H2,1H3,(H,22,23). The van der Waals surface area contributed by atoms with E-state index in [9.17, 15) is 9.59 Å². The van der Waals surface area contributed by atoms with Gasteiger partial charge in [-0.1, -0.05) is 60.7 Å². The van der Waals surface area contributed by atoms with Crippen molar-refractivity contribution in [1.82, 2.24) is 5.32 Å². The summed E-state index contributed by atoms with van der Waals surface area (Å²) in [6.45, 7) is 0. The maximum Gasteiger partial charge on any atom is 0.305 e. The Morgan fingerprint density at radius 2 is 1.56 bits per heavy atom. The number of nitrogens with one attached hydrogen (secondary N) is 1. The molecule has 5 heteroatoms. The number of ether oxygens (including phenoxy) is 1. The first kappa shape index (κ1) is 18.7. The third-order valence-electron chi connectivity index (χ3n) is 4.04. The lowest BCUT2D eigenvalue weighted by atomic mass is 10.0. The van der Waals surface area contributed by atoms with E-state index in [1.807, 2.05) is 60.7 Å². The van der Waals surface area contributed by atoms with Crippen molar-refractivity contribution in [2.24, 2.45) is 5.73 Å². The Hall–Kier alpha value is -2.66. The second-order valence-electron chi connectivity index (χ2n) is 5.87. The SMILES string of the molecule is COC(=O)CCC(NC(=O)CC(N)c1ccccc1)c1ccccc1. The molecule has 0 spiro atoms. The number of rotatable bonds is 8. The van der Waals surface area contributed by atoms with Crippen LogP contribution in [0.5, 0.6) is 0 Å². The monoisotopic (exact) mass is 340 g/mol. The fourth-order valence-corrected chi connectivity index (χ4v) is 2.64. The van der Waals surface area contributed by atoms with E-state index in [4.69, 9.17) is 10.5 Å². The van der Waals surface area contributed by atoms with E-state index >= 15 is 0 Å². The number of amides is 1. The number of benzene rings is 2. The van der Waals surface area contributed by atoms with E-state index in [0.717, 1.165) is 11.1 Å². The lowest BCUT2D eigenvalue weighted by Gasteiger charge is -2.20. The van der Waals surface area contributed by atoms with Gasteiger partial charge in [-0.2, -0.15) is 0 Å². The quantitative estimate of drug-likeness (QED) is 0.724. The van der Waals surface area contributed by atoms with Crippen molar-refractivity contribution in [2.75, 3.05) is 7.11 Å². The van der Waals surface area contributed by atoms with Crippen LogP contribution in [-0.2, 0) is 14.3 Å². The van der Waals surface area contributed by atoms with Gasteiger partial charge in [0.15, 0.2) is 0 Å². The minimum Gasteiger partial charge on any atom is -0.469 e. The van der Waals surface area contributed by atoms with Gasteiger partial charge < -0.3 is 15.8 Å². The van der Waals surface area contributed by atoms with Crippen molar-refractivity contribution < 1.29 is 14.3 Å². The van der Waals surface area contributed by atoms with Gasteiger partial charge in [-0.25, -0.2) is 0 Å². The van der Waals surface area contributed by atoms with Gasteiger partial charge in [-0.3, -0.25) is 9.59 Å². The summed E-state index contributed by atoms with van der Waals surface area (Å²) in [5.41, 5.74) is 7.99. The van der Waals surface area contributed by atoms with Crippen LogP contribution in [0.25, 0.3) is 0 Å². The van der Waals surface area contributed by atoms with Crippen LogP contribution >= 0.6 is 0 Å². The van der Waals surface area contributed by atoms with Crippen molar-refractivity contribution >= 4 is 11.9 Å². The zero-order valence-corrected chi connectivity index (χ0v) is 14.4. The number of esters is 1. The van der Waals surface area contributed by atoms with Crippen LogP contribution in [0.2, 0.25) is 0 Å². The van der Waals surface area contributed by atoms with Gasteiger partial charge in [0.2, 0.25) is 5.91 Å². The van der Waals surface area contributed by atoms with Gasteiger partial charge >= 0.3 is 5.97 Å². The van der Waals surface area contributed by atoms with Gasteiger partial charge in [0.1, 0.15) is 0 Å². The third kappa shape index (κ3) is 6.04. The van der Waals surface area contributed by atoms with Crippen molar-refractivity contribution in [2.45, 2.75) is 31.3 Å². The molecule has 1 amide bonds. The lowest BCUT2D eigenvalue weighted by Crippen LogP contribution is -2.31. The van der Waals surface area contributed by atoms with Crippen molar-refractivity contribution in [3.8, 4) is 0 Å². The first-order valence-electron chi connectivity index (χ1n) is 8.31. The molecule has 3 N–H and O–H groups in total. The summed E-state index contributed by atoms with van der Waals surface area (Å²) >= 11 is 0. The molecule has 25 heavy (non-hydrogen) atoms. The maximum atomic E-state index is 12.4. The molecule has 2 rings (SSSR count). The van der Waals surface area contributed by atoms with Crippen LogP contribution in [0.4, 0.5) is 0 Å². The maximum absolute atomic E-state index is 12.4. The molecule has 0 fully saturated rings. The highest BCUT2D eigenvalue weighted by molar-refractivity contribution is 5.77. The summed E-state index contributed by atoms with van der Waals surface area (Å²) in [6.07, 6.45) is 0.898. The molecule has 5 nitrogen and oxygen atoms in total. The van der Waals surface area contributed by atoms with E-state index in [2.05, 4.69) is 5.32 Å². The minimum absolute atomic E-state index is 0.143. The number of methoxy groups -OCH3 is 1. The summed E-state index contributed by atoms with van der Waals surface area (Å²) in [5.74, 6) is -0.439. The second-order valence-corrected chi connectivity index (χ2v) is 5.87. The minimum atomic E-state index is -0.363. The Balaban J connectivity index is 2.00. The summed E-state index contributed by atoms with van der Waals surface area (Å²) in [7, 11) is 1.36. The molecule has 0 aromatic heterocycles. The highest BCUT2D eigenvalue weighted by Gasteiger charge is 2.18. The molecular formula is C20H24N2O3. The molecule has 0 saturated heterocycles. The molecule has 0 radical (unpaired) electrons. The molecule has 0 aliphatic heterocycles. The largest absolute Gasteiger partial charge is 0.469 e. The van der Waals surface area contributed by atoms with Crippen LogP contribution in [0.15, 0.2) is 60.7 Å². The molecule has 2 aromatic rings. The molecule has 2 unspecified atom stereocenters. The highest BCUT2D eigenvalue weighted by atomic mass is 16.5. The predicted molar refractivity (Wildman–Crippen MR) is 96.6 cm³/mol. The first-order valence-corrected chi connectivity index (χ1v) is 8.31. The summed E-state index contributed by atoms with van der Waals surface area (Å²) in [5, 5.41) is 2.99. The normalized spacial score (nSPS) is 12.9. The zero-order chi connectivity index (χ0) is 18.1. The topological polar surface area (TPSA) is 81.4 Å². The molecule has 0 bridgehead atoms. The Bertz CT molecular complexity index is 674. The van der Waals surface area contributed by atoms with Crippen molar-refractivity contribution in [1.29, 1.82) is 0 Å². The lowest BCUT2D eigenvalue weighted by molar-refractivity contribution is -0.141. The predicted octanol–water partition coefficient (Wildman–Crippen LogP) is 2.89. The van der Waals surface area contributed by atoms with Crippen LogP contribution in [0, 0.1) is 0 Å². The van der Waals surface area contributed by atoms with E-state index in [0.29, 0.717) is 6.42 Å². The Kier molecular flexibility index (Phi) is 7.16. The molecule has 2 aromatic carbocycles. The molecule has 132 valence electrons. The van der Waals surface area contributed by atoms with Gasteiger partial charge in [-0.05, 0) is 17.5 Å². The number of nitrogens with two attached hydrogens (primary N) is 1. The van der Waals surface area contributed by atoms with Gasteiger partial charge in [0, 0.05) is 18.9 Å². The van der Waals surface area contributed by atoms with E-state index in [1.165, 1.54) is 7.11 Å². The molecular weight excluding hydrogens is 316 g/mol. The highest BCUT2D eigenvalue weighted by Crippen LogP contribution is 2.20. The second kappa shape index (κ2) is 9.59. The number of hydrogen-bond acceptors (Lipinski definition) is 4. The third-order valence-corrected chi connectivity index (χ3v) is 4.04. The summed E-state index contributed by atoms with van der Waals surface area (Å²) in [6, 6.07) is 18.5. The van der Waals surface area contributed by atoms with Gasteiger partial charge in [0.25, 0.3) is 0 Å². The number of carbonyl (C=O) groups is 2. The number of hydrogen-bond donors (Lipinski definition) is 2. The van der Waals surface area contributed by atoms with E-state index < -0.39 is 0 Å². The fourth-order valence-electron chi connectivity index (χ4n) is 2.64. The summed E-state index contributed by atoms with van der Waals surface area (Å²) < 4.78 is 4.69. The van der Waals surface area contributed by atoms with Crippen LogP contribution < -0.4 is 11.1 Å². The molecule has 0 saturated carbocycles. The fraction of sp³-hybridized carbons (Fsp3) is 0.300. The Morgan fingerprint density at radius 1 is 1.00 bits per heavy atom. The smallest absolute Gasteiger partial charge is 0.305 e. The van der Waals surface area contributed by atoms with E-state index in [1.54, 1.807) is 0 Å². The number of carbonyl (C=O) groups excluding carboxylic acids is 2. The van der Waals surface area contributed by atoms with Crippen molar-refractivity contribution in [3.05, 3.63) is 71.8 Å². The van der Waals surface area contributed by atoms with E-state index in [-0.39, 0.29) is 36.8 Å². The molecule has 2 atom stereocenters.